The summed E-state index contributed by atoms with van der Waals surface area (Å²) in [5.41, 5.74) is -0.0620. The third kappa shape index (κ3) is 4.15. The maximum Gasteiger partial charge on any atom is 0.0855 e. The average Bonchev–Trinajstić information content (AvgIpc) is 2.27. The van der Waals surface area contributed by atoms with Crippen molar-refractivity contribution in [1.82, 2.24) is 0 Å². The third-order valence-electron chi connectivity index (χ3n) is 3.57. The molecule has 2 nitrogen and oxygen atoms in total. The second kappa shape index (κ2) is 6.01. The van der Waals surface area contributed by atoms with E-state index in [0.29, 0.717) is 6.61 Å². The predicted octanol–water partition coefficient (Wildman–Crippen LogP) is 3.81. The van der Waals surface area contributed by atoms with Gasteiger partial charge in [-0.2, -0.15) is 0 Å². The van der Waals surface area contributed by atoms with E-state index in [1.54, 1.807) is 7.11 Å². The van der Waals surface area contributed by atoms with E-state index in [1.807, 2.05) is 0 Å². The Morgan fingerprint density at radius 3 is 2.62 bits per heavy atom. The SMILES string of the molecule is COC(C)(C)COC1(CI)CCCC(C)C1. The average molecular weight is 340 g/mol. The van der Waals surface area contributed by atoms with Crippen molar-refractivity contribution in [2.75, 3.05) is 18.1 Å². The van der Waals surface area contributed by atoms with E-state index < -0.39 is 0 Å². The van der Waals surface area contributed by atoms with Gasteiger partial charge in [-0.3, -0.25) is 0 Å². The highest BCUT2D eigenvalue weighted by Gasteiger charge is 2.36. The Balaban J connectivity index is 2.53. The number of rotatable bonds is 5. The molecule has 1 fully saturated rings. The molecule has 0 saturated heterocycles. The van der Waals surface area contributed by atoms with Crippen LogP contribution in [0.25, 0.3) is 0 Å². The maximum absolute atomic E-state index is 6.21. The van der Waals surface area contributed by atoms with Gasteiger partial charge < -0.3 is 9.47 Å². The molecule has 0 bridgehead atoms. The van der Waals surface area contributed by atoms with E-state index in [9.17, 15) is 0 Å². The van der Waals surface area contributed by atoms with Crippen molar-refractivity contribution in [3.05, 3.63) is 0 Å². The lowest BCUT2D eigenvalue weighted by Crippen LogP contribution is -2.43. The Morgan fingerprint density at radius 1 is 1.44 bits per heavy atom. The van der Waals surface area contributed by atoms with Gasteiger partial charge in [-0.05, 0) is 32.6 Å². The van der Waals surface area contributed by atoms with Crippen LogP contribution in [0.2, 0.25) is 0 Å². The van der Waals surface area contributed by atoms with Gasteiger partial charge in [-0.25, -0.2) is 0 Å². The van der Waals surface area contributed by atoms with Crippen molar-refractivity contribution in [1.29, 1.82) is 0 Å². The fraction of sp³-hybridized carbons (Fsp3) is 1.00. The van der Waals surface area contributed by atoms with E-state index in [-0.39, 0.29) is 11.2 Å². The molecule has 0 radical (unpaired) electrons. The number of alkyl halides is 1. The summed E-state index contributed by atoms with van der Waals surface area (Å²) >= 11 is 2.47. The molecule has 0 spiro atoms. The van der Waals surface area contributed by atoms with Crippen LogP contribution in [0, 0.1) is 5.92 Å². The molecule has 1 aliphatic carbocycles. The molecule has 3 heteroatoms. The standard InChI is InChI=1S/C13H25IO2/c1-11-6-5-7-13(8-11,9-14)16-10-12(2,3)15-4/h11H,5-10H2,1-4H3. The molecule has 1 saturated carbocycles. The quantitative estimate of drug-likeness (QED) is 0.560. The summed E-state index contributed by atoms with van der Waals surface area (Å²) in [4.78, 5) is 0. The lowest BCUT2D eigenvalue weighted by Gasteiger charge is -2.40. The first-order valence-corrected chi connectivity index (χ1v) is 7.71. The molecule has 0 aromatic carbocycles. The zero-order chi connectivity index (χ0) is 12.2. The molecule has 16 heavy (non-hydrogen) atoms. The zero-order valence-electron chi connectivity index (χ0n) is 11.0. The van der Waals surface area contributed by atoms with Crippen molar-refractivity contribution >= 4 is 22.6 Å². The smallest absolute Gasteiger partial charge is 0.0855 e. The lowest BCUT2D eigenvalue weighted by molar-refractivity contribution is -0.126. The van der Waals surface area contributed by atoms with Gasteiger partial charge in [0.15, 0.2) is 0 Å². The number of hydrogen-bond acceptors (Lipinski definition) is 2. The molecule has 96 valence electrons. The van der Waals surface area contributed by atoms with E-state index in [2.05, 4.69) is 43.4 Å². The van der Waals surface area contributed by atoms with Crippen LogP contribution in [0.15, 0.2) is 0 Å². The van der Waals surface area contributed by atoms with Crippen molar-refractivity contribution in [2.45, 2.75) is 57.7 Å². The summed E-state index contributed by atoms with van der Waals surface area (Å²) in [6.45, 7) is 7.20. The normalized spacial score (nSPS) is 31.7. The van der Waals surface area contributed by atoms with Gasteiger partial charge in [-0.1, -0.05) is 42.4 Å². The van der Waals surface area contributed by atoms with Crippen LogP contribution in [0.3, 0.4) is 0 Å². The second-order valence-corrected chi connectivity index (χ2v) is 6.53. The molecule has 0 aliphatic heterocycles. The first-order chi connectivity index (χ1) is 7.43. The summed E-state index contributed by atoms with van der Waals surface area (Å²) in [6, 6.07) is 0. The van der Waals surface area contributed by atoms with Crippen molar-refractivity contribution in [3.8, 4) is 0 Å². The monoisotopic (exact) mass is 340 g/mol. The van der Waals surface area contributed by atoms with Gasteiger partial charge >= 0.3 is 0 Å². The lowest BCUT2D eigenvalue weighted by atomic mass is 9.80. The second-order valence-electron chi connectivity index (χ2n) is 5.77. The van der Waals surface area contributed by atoms with Crippen LogP contribution in [0.1, 0.15) is 46.5 Å². The molecule has 0 aromatic heterocycles. The van der Waals surface area contributed by atoms with Crippen LogP contribution in [-0.4, -0.2) is 29.3 Å². The molecule has 1 aliphatic rings. The predicted molar refractivity (Wildman–Crippen MR) is 76.3 cm³/mol. The fourth-order valence-electron chi connectivity index (χ4n) is 2.29. The summed E-state index contributed by atoms with van der Waals surface area (Å²) in [7, 11) is 1.75. The Morgan fingerprint density at radius 2 is 2.12 bits per heavy atom. The maximum atomic E-state index is 6.21. The van der Waals surface area contributed by atoms with Gasteiger partial charge in [0.2, 0.25) is 0 Å². The largest absolute Gasteiger partial charge is 0.376 e. The zero-order valence-corrected chi connectivity index (χ0v) is 13.2. The Kier molecular flexibility index (Phi) is 5.52. The van der Waals surface area contributed by atoms with Gasteiger partial charge in [0.25, 0.3) is 0 Å². The molecule has 2 atom stereocenters. The van der Waals surface area contributed by atoms with Gasteiger partial charge in [0.05, 0.1) is 17.8 Å². The van der Waals surface area contributed by atoms with Gasteiger partial charge in [0.1, 0.15) is 0 Å². The van der Waals surface area contributed by atoms with Crippen LogP contribution in [0.4, 0.5) is 0 Å². The summed E-state index contributed by atoms with van der Waals surface area (Å²) < 4.78 is 12.7. The number of halogens is 1. The number of methoxy groups -OCH3 is 1. The number of hydrogen-bond donors (Lipinski definition) is 0. The van der Waals surface area contributed by atoms with E-state index >= 15 is 0 Å². The van der Waals surface area contributed by atoms with E-state index in [1.165, 1.54) is 25.7 Å². The van der Waals surface area contributed by atoms with Crippen molar-refractivity contribution in [2.24, 2.45) is 5.92 Å². The molecular weight excluding hydrogens is 315 g/mol. The summed E-state index contributed by atoms with van der Waals surface area (Å²) in [5, 5.41) is 0. The van der Waals surface area contributed by atoms with Crippen LogP contribution < -0.4 is 0 Å². The Bertz CT molecular complexity index is 218. The molecule has 2 unspecified atom stereocenters. The Labute approximate surface area is 114 Å². The van der Waals surface area contributed by atoms with Gasteiger partial charge in [0, 0.05) is 11.5 Å². The molecule has 0 aromatic rings. The fourth-order valence-corrected chi connectivity index (χ4v) is 3.20. The van der Waals surface area contributed by atoms with Crippen molar-refractivity contribution < 1.29 is 9.47 Å². The minimum atomic E-state index is -0.167. The molecule has 0 heterocycles. The van der Waals surface area contributed by atoms with Gasteiger partial charge in [-0.15, -0.1) is 0 Å². The number of ether oxygens (including phenoxy) is 2. The first-order valence-electron chi connectivity index (χ1n) is 6.18. The highest BCUT2D eigenvalue weighted by Crippen LogP contribution is 2.37. The van der Waals surface area contributed by atoms with Crippen molar-refractivity contribution in [3.63, 3.8) is 0 Å². The molecular formula is C13H25IO2. The molecule has 0 N–H and O–H groups in total. The highest BCUT2D eigenvalue weighted by atomic mass is 127. The molecule has 1 rings (SSSR count). The van der Waals surface area contributed by atoms with E-state index in [0.717, 1.165) is 10.3 Å². The summed E-state index contributed by atoms with van der Waals surface area (Å²) in [6.07, 6.45) is 5.07. The van der Waals surface area contributed by atoms with Crippen LogP contribution >= 0.6 is 22.6 Å². The van der Waals surface area contributed by atoms with Crippen LogP contribution in [0.5, 0.6) is 0 Å². The Hall–Kier alpha value is 0.650. The van der Waals surface area contributed by atoms with Crippen LogP contribution in [-0.2, 0) is 9.47 Å². The summed E-state index contributed by atoms with van der Waals surface area (Å²) in [5.74, 6) is 0.800. The van der Waals surface area contributed by atoms with E-state index in [4.69, 9.17) is 9.47 Å². The minimum absolute atomic E-state index is 0.105. The minimum Gasteiger partial charge on any atom is -0.376 e. The first kappa shape index (κ1) is 14.7. The topological polar surface area (TPSA) is 18.5 Å². The third-order valence-corrected chi connectivity index (χ3v) is 4.96. The molecule has 0 amide bonds. The highest BCUT2D eigenvalue weighted by molar-refractivity contribution is 14.1.